The van der Waals surface area contributed by atoms with Crippen LogP contribution in [0.4, 0.5) is 0 Å². The summed E-state index contributed by atoms with van der Waals surface area (Å²) in [6.07, 6.45) is 2.23. The lowest BCUT2D eigenvalue weighted by Gasteiger charge is -2.38. The summed E-state index contributed by atoms with van der Waals surface area (Å²) >= 11 is 0. The predicted octanol–water partition coefficient (Wildman–Crippen LogP) is 2.55. The number of likely N-dealkylation sites (N-methyl/N-ethyl adjacent to an activating group) is 1. The van der Waals surface area contributed by atoms with E-state index < -0.39 is 5.91 Å². The van der Waals surface area contributed by atoms with Gasteiger partial charge in [-0.25, -0.2) is 4.98 Å². The van der Waals surface area contributed by atoms with Crippen LogP contribution >= 0.6 is 0 Å². The van der Waals surface area contributed by atoms with E-state index in [4.69, 9.17) is 5.73 Å². The number of carbonyl (C=O) groups is 1. The number of aromatic nitrogens is 2. The number of nitrogens with one attached hydrogen (secondary N) is 1. The molecule has 0 saturated heterocycles. The Morgan fingerprint density at radius 1 is 1.27 bits per heavy atom. The predicted molar refractivity (Wildman–Crippen MR) is 88.5 cm³/mol. The number of para-hydroxylation sites is 1. The van der Waals surface area contributed by atoms with Gasteiger partial charge in [0.15, 0.2) is 0 Å². The van der Waals surface area contributed by atoms with E-state index in [1.54, 1.807) is 6.07 Å². The van der Waals surface area contributed by atoms with Gasteiger partial charge in [0, 0.05) is 16.7 Å². The third-order valence-corrected chi connectivity index (χ3v) is 4.89. The second-order valence-electron chi connectivity index (χ2n) is 6.98. The van der Waals surface area contributed by atoms with E-state index in [9.17, 15) is 4.79 Å². The maximum atomic E-state index is 11.6. The lowest BCUT2D eigenvalue weighted by atomic mass is 9.95. The average molecular weight is 298 g/mol. The van der Waals surface area contributed by atoms with Crippen LogP contribution in [-0.2, 0) is 0 Å². The van der Waals surface area contributed by atoms with E-state index in [1.807, 2.05) is 12.1 Å². The highest BCUT2D eigenvalue weighted by Crippen LogP contribution is 2.43. The van der Waals surface area contributed by atoms with E-state index in [-0.39, 0.29) is 11.1 Å². The van der Waals surface area contributed by atoms with E-state index in [0.717, 1.165) is 16.9 Å². The molecule has 116 valence electrons. The molecule has 0 spiro atoms. The second-order valence-corrected chi connectivity index (χ2v) is 6.98. The molecule has 5 nitrogen and oxygen atoms in total. The molecular formula is C17H22N4O. The number of nitrogens with zero attached hydrogens (tertiary/aromatic N) is 2. The Balaban J connectivity index is 2.20. The SMILES string of the molecule is CN1C(C)(C)C=C(c2nc3c(C(N)=O)cccc3[nH]2)C1(C)C. The molecule has 0 bridgehead atoms. The van der Waals surface area contributed by atoms with Gasteiger partial charge >= 0.3 is 0 Å². The molecule has 2 aromatic rings. The number of nitrogens with two attached hydrogens (primary N) is 1. The van der Waals surface area contributed by atoms with Crippen molar-refractivity contribution in [3.05, 3.63) is 35.7 Å². The first-order chi connectivity index (χ1) is 10.1. The smallest absolute Gasteiger partial charge is 0.250 e. The molecule has 0 aliphatic carbocycles. The Bertz CT molecular complexity index is 798. The Morgan fingerprint density at radius 2 is 1.95 bits per heavy atom. The number of hydrogen-bond donors (Lipinski definition) is 2. The Morgan fingerprint density at radius 3 is 2.50 bits per heavy atom. The Labute approximate surface area is 130 Å². The normalized spacial score (nSPS) is 20.3. The minimum Gasteiger partial charge on any atom is -0.366 e. The standard InChI is InChI=1S/C17H22N4O/c1-16(2)9-11(17(3,4)21(16)5)15-19-12-8-6-7-10(14(18)22)13(12)20-15/h6-9H,1-5H3,(H2,18,22)(H,19,20). The fourth-order valence-corrected chi connectivity index (χ4v) is 3.24. The van der Waals surface area contributed by atoms with Gasteiger partial charge in [0.05, 0.1) is 11.1 Å². The fraction of sp³-hybridized carbons (Fsp3) is 0.412. The summed E-state index contributed by atoms with van der Waals surface area (Å²) in [4.78, 5) is 21.9. The Kier molecular flexibility index (Phi) is 2.98. The molecule has 0 saturated carbocycles. The van der Waals surface area contributed by atoms with Crippen LogP contribution in [0.3, 0.4) is 0 Å². The summed E-state index contributed by atoms with van der Waals surface area (Å²) < 4.78 is 0. The number of fused-ring (bicyclic) bond motifs is 1. The zero-order valence-corrected chi connectivity index (χ0v) is 13.7. The Hall–Kier alpha value is -2.14. The van der Waals surface area contributed by atoms with Crippen LogP contribution in [0.25, 0.3) is 16.6 Å². The van der Waals surface area contributed by atoms with Gasteiger partial charge in [-0.3, -0.25) is 9.69 Å². The molecule has 1 aromatic heterocycles. The highest BCUT2D eigenvalue weighted by atomic mass is 16.1. The van der Waals surface area contributed by atoms with Gasteiger partial charge in [0.1, 0.15) is 11.3 Å². The van der Waals surface area contributed by atoms with Crippen molar-refractivity contribution < 1.29 is 4.79 Å². The quantitative estimate of drug-likeness (QED) is 0.894. The number of benzene rings is 1. The summed E-state index contributed by atoms with van der Waals surface area (Å²) in [7, 11) is 2.11. The molecule has 0 radical (unpaired) electrons. The van der Waals surface area contributed by atoms with Crippen molar-refractivity contribution in [3.8, 4) is 0 Å². The minimum atomic E-state index is -0.458. The topological polar surface area (TPSA) is 75.0 Å². The molecule has 2 heterocycles. The number of hydrogen-bond acceptors (Lipinski definition) is 3. The maximum absolute atomic E-state index is 11.6. The van der Waals surface area contributed by atoms with Crippen LogP contribution in [0.1, 0.15) is 43.9 Å². The van der Waals surface area contributed by atoms with Crippen LogP contribution in [0, 0.1) is 0 Å². The van der Waals surface area contributed by atoms with Gasteiger partial charge in [-0.2, -0.15) is 0 Å². The molecule has 3 rings (SSSR count). The lowest BCUT2D eigenvalue weighted by Crippen LogP contribution is -2.47. The van der Waals surface area contributed by atoms with Crippen molar-refractivity contribution >= 4 is 22.5 Å². The minimum absolute atomic E-state index is 0.0513. The number of carbonyl (C=O) groups excluding carboxylic acids is 1. The molecule has 1 aliphatic rings. The van der Waals surface area contributed by atoms with Crippen molar-refractivity contribution in [2.75, 3.05) is 7.05 Å². The van der Waals surface area contributed by atoms with Gasteiger partial charge in [-0.15, -0.1) is 0 Å². The highest BCUT2D eigenvalue weighted by Gasteiger charge is 2.44. The third-order valence-electron chi connectivity index (χ3n) is 4.89. The van der Waals surface area contributed by atoms with Crippen molar-refractivity contribution in [3.63, 3.8) is 0 Å². The van der Waals surface area contributed by atoms with E-state index in [2.05, 4.69) is 55.7 Å². The van der Waals surface area contributed by atoms with Gasteiger partial charge in [0.2, 0.25) is 0 Å². The molecule has 0 unspecified atom stereocenters. The molecule has 1 aromatic carbocycles. The molecule has 1 aliphatic heterocycles. The molecule has 3 N–H and O–H groups in total. The van der Waals surface area contributed by atoms with Crippen LogP contribution in [0.2, 0.25) is 0 Å². The number of rotatable bonds is 2. The average Bonchev–Trinajstić information content (AvgIpc) is 2.92. The molecule has 5 heteroatoms. The van der Waals surface area contributed by atoms with Gasteiger partial charge in [-0.1, -0.05) is 12.1 Å². The zero-order valence-electron chi connectivity index (χ0n) is 13.7. The van der Waals surface area contributed by atoms with Crippen molar-refractivity contribution in [1.82, 2.24) is 14.9 Å². The van der Waals surface area contributed by atoms with Crippen molar-refractivity contribution in [2.24, 2.45) is 5.73 Å². The van der Waals surface area contributed by atoms with Crippen LogP contribution < -0.4 is 5.73 Å². The van der Waals surface area contributed by atoms with E-state index in [0.29, 0.717) is 11.1 Å². The number of amides is 1. The van der Waals surface area contributed by atoms with E-state index in [1.165, 1.54) is 0 Å². The number of imidazole rings is 1. The summed E-state index contributed by atoms with van der Waals surface area (Å²) in [5.74, 6) is 0.340. The summed E-state index contributed by atoms with van der Waals surface area (Å²) in [6, 6.07) is 5.43. The van der Waals surface area contributed by atoms with Gasteiger partial charge in [-0.05, 0) is 46.9 Å². The molecule has 0 fully saturated rings. The van der Waals surface area contributed by atoms with Crippen LogP contribution in [0.5, 0.6) is 0 Å². The van der Waals surface area contributed by atoms with Crippen molar-refractivity contribution in [1.29, 1.82) is 0 Å². The maximum Gasteiger partial charge on any atom is 0.250 e. The van der Waals surface area contributed by atoms with E-state index >= 15 is 0 Å². The monoisotopic (exact) mass is 298 g/mol. The first-order valence-corrected chi connectivity index (χ1v) is 7.41. The summed E-state index contributed by atoms with van der Waals surface area (Å²) in [6.45, 7) is 8.71. The van der Waals surface area contributed by atoms with Gasteiger partial charge < -0.3 is 10.7 Å². The number of H-pyrrole nitrogens is 1. The second kappa shape index (κ2) is 4.43. The summed E-state index contributed by atoms with van der Waals surface area (Å²) in [5.41, 5.74) is 8.29. The van der Waals surface area contributed by atoms with Gasteiger partial charge in [0.25, 0.3) is 5.91 Å². The van der Waals surface area contributed by atoms with Crippen LogP contribution in [0.15, 0.2) is 24.3 Å². The number of aromatic amines is 1. The van der Waals surface area contributed by atoms with Crippen molar-refractivity contribution in [2.45, 2.75) is 38.8 Å². The molecular weight excluding hydrogens is 276 g/mol. The first-order valence-electron chi connectivity index (χ1n) is 7.41. The number of primary amides is 1. The fourth-order valence-electron chi connectivity index (χ4n) is 3.24. The zero-order chi connectivity index (χ0) is 16.3. The molecule has 1 amide bonds. The highest BCUT2D eigenvalue weighted by molar-refractivity contribution is 6.04. The first kappa shape index (κ1) is 14.8. The third kappa shape index (κ3) is 1.96. The largest absolute Gasteiger partial charge is 0.366 e. The lowest BCUT2D eigenvalue weighted by molar-refractivity contribution is 0.100. The molecule has 22 heavy (non-hydrogen) atoms. The summed E-state index contributed by atoms with van der Waals surface area (Å²) in [5, 5.41) is 0. The van der Waals surface area contributed by atoms with Crippen LogP contribution in [-0.4, -0.2) is 38.9 Å². The molecule has 0 atom stereocenters.